The summed E-state index contributed by atoms with van der Waals surface area (Å²) in [5, 5.41) is 4.17. The number of rotatable bonds is 1. The molecule has 0 aliphatic carbocycles. The number of furan rings is 1. The first-order valence-electron chi connectivity index (χ1n) is 2.84. The molecule has 10 heavy (non-hydrogen) atoms. The maximum Gasteiger partial charge on any atom is 0.228 e. The number of nitrogens with zero attached hydrogens (tertiary/aromatic N) is 2. The highest BCUT2D eigenvalue weighted by atomic mass is 16.3. The second kappa shape index (κ2) is 1.70. The van der Waals surface area contributed by atoms with E-state index in [-0.39, 0.29) is 0 Å². The molecule has 4 nitrogen and oxygen atoms in total. The van der Waals surface area contributed by atoms with Crippen LogP contribution in [0, 0.1) is 5.53 Å². The van der Waals surface area contributed by atoms with Gasteiger partial charge < -0.3 is 4.42 Å². The summed E-state index contributed by atoms with van der Waals surface area (Å²) in [6, 6.07) is 3.67. The van der Waals surface area contributed by atoms with Crippen LogP contribution in [0.4, 0.5) is 0 Å². The predicted octanol–water partition coefficient (Wildman–Crippen LogP) is 2.03. The third kappa shape index (κ3) is 0.500. The van der Waals surface area contributed by atoms with E-state index in [1.54, 1.807) is 12.5 Å². The molecule has 2 aromatic rings. The lowest BCUT2D eigenvalue weighted by atomic mass is 10.4. The monoisotopic (exact) mass is 135 g/mol. The van der Waals surface area contributed by atoms with Crippen LogP contribution in [0.15, 0.2) is 34.2 Å². The maximum absolute atomic E-state index is 6.71. The molecule has 0 unspecified atom stereocenters. The normalized spacial score (nSPS) is 10.4. The lowest BCUT2D eigenvalue weighted by molar-refractivity contribution is 0.572. The molecule has 0 aromatic carbocycles. The Hall–Kier alpha value is -1.58. The van der Waals surface area contributed by atoms with E-state index in [1.165, 1.54) is 4.68 Å². The van der Waals surface area contributed by atoms with Crippen molar-refractivity contribution >= 4 is 11.1 Å². The highest BCUT2D eigenvalue weighted by Gasteiger charge is 2.00. The Morgan fingerprint density at radius 2 is 2.40 bits per heavy atom. The smallest absolute Gasteiger partial charge is 0.228 e. The largest absolute Gasteiger partial charge is 0.446 e. The van der Waals surface area contributed by atoms with E-state index in [1.807, 2.05) is 12.1 Å². The summed E-state index contributed by atoms with van der Waals surface area (Å²) >= 11 is 0. The molecule has 0 atom stereocenters. The van der Waals surface area contributed by atoms with E-state index >= 15 is 0 Å². The second-order valence-electron chi connectivity index (χ2n) is 1.94. The van der Waals surface area contributed by atoms with Gasteiger partial charge in [0.05, 0.1) is 6.26 Å². The zero-order valence-corrected chi connectivity index (χ0v) is 5.11. The quantitative estimate of drug-likeness (QED) is 0.597. The van der Waals surface area contributed by atoms with E-state index in [2.05, 4.69) is 5.22 Å². The fraction of sp³-hybridized carbons (Fsp3) is 0. The molecule has 0 fully saturated rings. The van der Waals surface area contributed by atoms with Crippen LogP contribution in [0.2, 0.25) is 0 Å². The minimum Gasteiger partial charge on any atom is -0.446 e. The van der Waals surface area contributed by atoms with Gasteiger partial charge in [-0.05, 0) is 12.1 Å². The van der Waals surface area contributed by atoms with Crippen molar-refractivity contribution in [3.8, 4) is 0 Å². The summed E-state index contributed by atoms with van der Waals surface area (Å²) in [6.07, 6.45) is 3.26. The van der Waals surface area contributed by atoms with E-state index in [4.69, 9.17) is 9.95 Å². The van der Waals surface area contributed by atoms with Crippen LogP contribution < -0.4 is 0 Å². The van der Waals surface area contributed by atoms with Gasteiger partial charge in [0.15, 0.2) is 0 Å². The van der Waals surface area contributed by atoms with Gasteiger partial charge in [-0.1, -0.05) is 5.22 Å². The molecule has 2 heterocycles. The van der Waals surface area contributed by atoms with Crippen molar-refractivity contribution in [2.24, 2.45) is 5.22 Å². The highest BCUT2D eigenvalue weighted by Crippen LogP contribution is 2.15. The van der Waals surface area contributed by atoms with Gasteiger partial charge in [0.2, 0.25) is 5.71 Å². The topological polar surface area (TPSA) is 54.3 Å². The molecule has 4 heteroatoms. The van der Waals surface area contributed by atoms with Crippen molar-refractivity contribution in [1.82, 2.24) is 4.68 Å². The standard InChI is InChI=1S/C6H5N3O/c7-8-9-3-1-5-2-4-10-6(5)9/h1-4,7H. The molecule has 1 N–H and O–H groups in total. The van der Waals surface area contributed by atoms with Crippen molar-refractivity contribution in [2.75, 3.05) is 0 Å². The summed E-state index contributed by atoms with van der Waals surface area (Å²) in [4.78, 5) is 0. The summed E-state index contributed by atoms with van der Waals surface area (Å²) in [5.74, 6) is 0. The van der Waals surface area contributed by atoms with E-state index in [9.17, 15) is 0 Å². The van der Waals surface area contributed by atoms with Crippen molar-refractivity contribution < 1.29 is 4.42 Å². The zero-order valence-electron chi connectivity index (χ0n) is 5.11. The SMILES string of the molecule is N=Nn1ccc2ccoc21. The first-order valence-corrected chi connectivity index (χ1v) is 2.84. The number of fused-ring (bicyclic) bond motifs is 1. The number of nitrogens with one attached hydrogen (secondary N) is 1. The summed E-state index contributed by atoms with van der Waals surface area (Å²) in [5.41, 5.74) is 7.33. The van der Waals surface area contributed by atoms with Crippen LogP contribution >= 0.6 is 0 Å². The molecule has 0 spiro atoms. The Labute approximate surface area is 56.5 Å². The fourth-order valence-corrected chi connectivity index (χ4v) is 0.922. The van der Waals surface area contributed by atoms with Crippen LogP contribution in [-0.4, -0.2) is 4.68 Å². The van der Waals surface area contributed by atoms with Crippen LogP contribution in [0.25, 0.3) is 11.1 Å². The third-order valence-electron chi connectivity index (χ3n) is 1.39. The van der Waals surface area contributed by atoms with Gasteiger partial charge in [-0.3, -0.25) is 0 Å². The molecule has 0 amide bonds. The average molecular weight is 135 g/mol. The first kappa shape index (κ1) is 5.22. The molecule has 0 bridgehead atoms. The minimum absolute atomic E-state index is 0.620. The molecule has 2 rings (SSSR count). The maximum atomic E-state index is 6.71. The Morgan fingerprint density at radius 1 is 1.50 bits per heavy atom. The summed E-state index contributed by atoms with van der Waals surface area (Å²) < 4.78 is 6.40. The average Bonchev–Trinajstić information content (AvgIpc) is 2.44. The lowest BCUT2D eigenvalue weighted by Crippen LogP contribution is -1.78. The summed E-state index contributed by atoms with van der Waals surface area (Å²) in [6.45, 7) is 0. The van der Waals surface area contributed by atoms with Crippen molar-refractivity contribution in [3.05, 3.63) is 24.6 Å². The molecule has 0 saturated carbocycles. The Balaban J connectivity index is 2.88. The molecular formula is C6H5N3O. The van der Waals surface area contributed by atoms with Crippen molar-refractivity contribution in [2.45, 2.75) is 0 Å². The van der Waals surface area contributed by atoms with Crippen LogP contribution in [0.1, 0.15) is 0 Å². The molecule has 0 aliphatic heterocycles. The summed E-state index contributed by atoms with van der Waals surface area (Å²) in [7, 11) is 0. The molecule has 50 valence electrons. The fourth-order valence-electron chi connectivity index (χ4n) is 0.922. The van der Waals surface area contributed by atoms with Crippen molar-refractivity contribution in [1.29, 1.82) is 5.53 Å². The molecule has 0 radical (unpaired) electrons. The number of aromatic nitrogens is 1. The van der Waals surface area contributed by atoms with Crippen LogP contribution in [-0.2, 0) is 0 Å². The van der Waals surface area contributed by atoms with Gasteiger partial charge in [0, 0.05) is 11.6 Å². The van der Waals surface area contributed by atoms with Gasteiger partial charge in [-0.15, -0.1) is 0 Å². The zero-order chi connectivity index (χ0) is 6.97. The Bertz CT molecular complexity index is 360. The van der Waals surface area contributed by atoms with E-state index in [0.717, 1.165) is 5.39 Å². The molecular weight excluding hydrogens is 130 g/mol. The molecule has 2 aromatic heterocycles. The van der Waals surface area contributed by atoms with Crippen LogP contribution in [0.5, 0.6) is 0 Å². The first-order chi connectivity index (χ1) is 4.92. The highest BCUT2D eigenvalue weighted by molar-refractivity contribution is 5.74. The van der Waals surface area contributed by atoms with E-state index < -0.39 is 0 Å². The predicted molar refractivity (Wildman–Crippen MR) is 34.7 cm³/mol. The van der Waals surface area contributed by atoms with Crippen molar-refractivity contribution in [3.63, 3.8) is 0 Å². The van der Waals surface area contributed by atoms with Gasteiger partial charge in [0.1, 0.15) is 0 Å². The third-order valence-corrected chi connectivity index (χ3v) is 1.39. The number of hydrogen-bond acceptors (Lipinski definition) is 3. The lowest BCUT2D eigenvalue weighted by Gasteiger charge is -1.84. The Kier molecular flexibility index (Phi) is 0.887. The minimum atomic E-state index is 0.620. The molecule has 0 saturated heterocycles. The second-order valence-corrected chi connectivity index (χ2v) is 1.94. The van der Waals surface area contributed by atoms with Gasteiger partial charge in [-0.2, -0.15) is 10.2 Å². The van der Waals surface area contributed by atoms with Gasteiger partial charge in [0.25, 0.3) is 0 Å². The van der Waals surface area contributed by atoms with Gasteiger partial charge in [-0.25, -0.2) is 0 Å². The van der Waals surface area contributed by atoms with Crippen LogP contribution in [0.3, 0.4) is 0 Å². The Morgan fingerprint density at radius 3 is 3.20 bits per heavy atom. The van der Waals surface area contributed by atoms with E-state index in [0.29, 0.717) is 5.71 Å². The molecule has 0 aliphatic rings. The number of hydrogen-bond donors (Lipinski definition) is 1. The van der Waals surface area contributed by atoms with Gasteiger partial charge >= 0.3 is 0 Å².